The van der Waals surface area contributed by atoms with Gasteiger partial charge in [-0.2, -0.15) is 11.8 Å². The minimum Gasteiger partial charge on any atom is -0.354 e. The van der Waals surface area contributed by atoms with E-state index < -0.39 is 28.3 Å². The summed E-state index contributed by atoms with van der Waals surface area (Å²) in [6, 6.07) is 20.7. The van der Waals surface area contributed by atoms with Gasteiger partial charge in [0.15, 0.2) is 0 Å². The number of hydrogen-bond donors (Lipinski definition) is 1. The molecule has 0 radical (unpaired) electrons. The molecule has 168 valence electrons. The Balaban J connectivity index is 1.64. The molecule has 0 aromatic heterocycles. The Morgan fingerprint density at radius 1 is 0.969 bits per heavy atom. The molecular formula is C23H22ClFN2O3S2. The first-order valence-corrected chi connectivity index (χ1v) is 12.8. The molecule has 0 bridgehead atoms. The maximum Gasteiger partial charge on any atom is 0.264 e. The van der Waals surface area contributed by atoms with Crippen molar-refractivity contribution < 1.29 is 17.6 Å². The van der Waals surface area contributed by atoms with Gasteiger partial charge in [-0.15, -0.1) is 0 Å². The smallest absolute Gasteiger partial charge is 0.264 e. The number of carbonyl (C=O) groups excluding carboxylic acids is 1. The summed E-state index contributed by atoms with van der Waals surface area (Å²) in [5.41, 5.74) is 0.824. The van der Waals surface area contributed by atoms with E-state index in [1.54, 1.807) is 30.0 Å². The van der Waals surface area contributed by atoms with Gasteiger partial charge in [-0.3, -0.25) is 9.10 Å². The molecular weight excluding hydrogens is 471 g/mol. The summed E-state index contributed by atoms with van der Waals surface area (Å²) in [6.45, 7) is -0.197. The molecule has 0 atom stereocenters. The van der Waals surface area contributed by atoms with Crippen molar-refractivity contribution in [1.82, 2.24) is 5.32 Å². The Morgan fingerprint density at radius 2 is 1.62 bits per heavy atom. The summed E-state index contributed by atoms with van der Waals surface area (Å²) in [5.74, 6) is 0.0580. The van der Waals surface area contributed by atoms with Gasteiger partial charge in [-0.05, 0) is 35.9 Å². The number of amides is 1. The lowest BCUT2D eigenvalue weighted by Crippen LogP contribution is -2.41. The molecule has 3 rings (SSSR count). The van der Waals surface area contributed by atoms with Gasteiger partial charge >= 0.3 is 0 Å². The molecule has 1 amide bonds. The number of sulfonamides is 1. The zero-order valence-electron chi connectivity index (χ0n) is 17.1. The number of nitrogens with zero attached hydrogens (tertiary/aromatic N) is 1. The molecule has 0 saturated carbocycles. The monoisotopic (exact) mass is 492 g/mol. The van der Waals surface area contributed by atoms with Crippen molar-refractivity contribution in [2.24, 2.45) is 0 Å². The van der Waals surface area contributed by atoms with E-state index >= 15 is 0 Å². The number of halogens is 2. The van der Waals surface area contributed by atoms with Crippen molar-refractivity contribution in [2.45, 2.75) is 10.6 Å². The van der Waals surface area contributed by atoms with Crippen LogP contribution in [0.2, 0.25) is 5.02 Å². The normalized spacial score (nSPS) is 11.2. The van der Waals surface area contributed by atoms with Crippen molar-refractivity contribution >= 4 is 45.0 Å². The van der Waals surface area contributed by atoms with Crippen LogP contribution < -0.4 is 9.62 Å². The van der Waals surface area contributed by atoms with Crippen LogP contribution in [0.1, 0.15) is 5.56 Å². The molecule has 0 spiro atoms. The van der Waals surface area contributed by atoms with Crippen LogP contribution in [0.5, 0.6) is 0 Å². The minimum atomic E-state index is -4.14. The van der Waals surface area contributed by atoms with Crippen LogP contribution in [-0.4, -0.2) is 33.2 Å². The fourth-order valence-electron chi connectivity index (χ4n) is 2.92. The molecule has 32 heavy (non-hydrogen) atoms. The number of para-hydroxylation sites is 1. The highest BCUT2D eigenvalue weighted by atomic mass is 35.5. The van der Waals surface area contributed by atoms with E-state index in [9.17, 15) is 17.6 Å². The second kappa shape index (κ2) is 11.4. The maximum absolute atomic E-state index is 14.4. The number of hydrogen-bond acceptors (Lipinski definition) is 4. The average molecular weight is 493 g/mol. The Hall–Kier alpha value is -2.55. The molecule has 0 saturated heterocycles. The standard InChI is InChI=1S/C23H22ClFN2O3S2/c24-20-11-5-4-8-18(20)17-31-15-14-26-23(28)16-27(22-13-7-6-12-21(22)25)32(29,30)19-9-2-1-3-10-19/h1-13H,14-17H2,(H,26,28). The van der Waals surface area contributed by atoms with Crippen LogP contribution in [-0.2, 0) is 20.6 Å². The quantitative estimate of drug-likeness (QED) is 0.416. The van der Waals surface area contributed by atoms with Crippen LogP contribution in [0, 0.1) is 5.82 Å². The van der Waals surface area contributed by atoms with Gasteiger partial charge in [0.1, 0.15) is 12.4 Å². The first-order chi connectivity index (χ1) is 15.4. The topological polar surface area (TPSA) is 66.5 Å². The second-order valence-corrected chi connectivity index (χ2v) is 10.1. The van der Waals surface area contributed by atoms with Crippen molar-refractivity contribution in [1.29, 1.82) is 0 Å². The van der Waals surface area contributed by atoms with E-state index in [-0.39, 0.29) is 10.6 Å². The fourth-order valence-corrected chi connectivity index (χ4v) is 5.51. The molecule has 0 unspecified atom stereocenters. The van der Waals surface area contributed by atoms with Crippen LogP contribution in [0.15, 0.2) is 83.8 Å². The van der Waals surface area contributed by atoms with Gasteiger partial charge in [0.25, 0.3) is 10.0 Å². The minimum absolute atomic E-state index is 0.0219. The van der Waals surface area contributed by atoms with Gasteiger partial charge < -0.3 is 5.32 Å². The highest BCUT2D eigenvalue weighted by molar-refractivity contribution is 7.98. The number of thioether (sulfide) groups is 1. The Bertz CT molecular complexity index is 1160. The van der Waals surface area contributed by atoms with Crippen LogP contribution in [0.25, 0.3) is 0 Å². The van der Waals surface area contributed by atoms with Gasteiger partial charge in [-0.25, -0.2) is 12.8 Å². The number of anilines is 1. The Labute approximate surface area is 196 Å². The first-order valence-electron chi connectivity index (χ1n) is 9.80. The molecule has 0 aliphatic heterocycles. The predicted molar refractivity (Wildman–Crippen MR) is 128 cm³/mol. The predicted octanol–water partition coefficient (Wildman–Crippen LogP) is 4.72. The van der Waals surface area contributed by atoms with Crippen LogP contribution in [0.3, 0.4) is 0 Å². The van der Waals surface area contributed by atoms with Gasteiger partial charge in [0.05, 0.1) is 10.6 Å². The third-order valence-electron chi connectivity index (χ3n) is 4.52. The lowest BCUT2D eigenvalue weighted by Gasteiger charge is -2.24. The highest BCUT2D eigenvalue weighted by Gasteiger charge is 2.28. The lowest BCUT2D eigenvalue weighted by atomic mass is 10.2. The molecule has 0 aliphatic rings. The van der Waals surface area contributed by atoms with Crippen molar-refractivity contribution in [3.63, 3.8) is 0 Å². The molecule has 0 heterocycles. The van der Waals surface area contributed by atoms with E-state index in [0.29, 0.717) is 23.1 Å². The molecule has 3 aromatic rings. The number of nitrogens with one attached hydrogen (secondary N) is 1. The highest BCUT2D eigenvalue weighted by Crippen LogP contribution is 2.26. The zero-order chi connectivity index (χ0) is 23.0. The van der Waals surface area contributed by atoms with E-state index in [1.807, 2.05) is 24.3 Å². The van der Waals surface area contributed by atoms with Crippen molar-refractivity contribution in [3.8, 4) is 0 Å². The molecule has 0 aliphatic carbocycles. The van der Waals surface area contributed by atoms with Gasteiger partial charge in [-0.1, -0.05) is 60.1 Å². The first kappa shape index (κ1) is 24.1. The average Bonchev–Trinajstić information content (AvgIpc) is 2.79. The maximum atomic E-state index is 14.4. The van der Waals surface area contributed by atoms with E-state index in [4.69, 9.17) is 11.6 Å². The summed E-state index contributed by atoms with van der Waals surface area (Å²) < 4.78 is 41.5. The Kier molecular flexibility index (Phi) is 8.55. The summed E-state index contributed by atoms with van der Waals surface area (Å²) in [5, 5.41) is 3.40. The molecule has 1 N–H and O–H groups in total. The van der Waals surface area contributed by atoms with E-state index in [2.05, 4.69) is 5.32 Å². The molecule has 0 fully saturated rings. The second-order valence-electron chi connectivity index (χ2n) is 6.77. The summed E-state index contributed by atoms with van der Waals surface area (Å²) in [6.07, 6.45) is 0. The SMILES string of the molecule is O=C(CN(c1ccccc1F)S(=O)(=O)c1ccccc1)NCCSCc1ccccc1Cl. The largest absolute Gasteiger partial charge is 0.354 e. The van der Waals surface area contributed by atoms with Crippen molar-refractivity contribution in [2.75, 3.05) is 23.1 Å². The fraction of sp³-hybridized carbons (Fsp3) is 0.174. The van der Waals surface area contributed by atoms with Gasteiger partial charge in [0.2, 0.25) is 5.91 Å². The third-order valence-corrected chi connectivity index (χ3v) is 7.67. The van der Waals surface area contributed by atoms with E-state index in [1.165, 1.54) is 30.3 Å². The lowest BCUT2D eigenvalue weighted by molar-refractivity contribution is -0.119. The third kappa shape index (κ3) is 6.25. The molecule has 9 heteroatoms. The number of carbonyl (C=O) groups is 1. The zero-order valence-corrected chi connectivity index (χ0v) is 19.5. The van der Waals surface area contributed by atoms with Crippen molar-refractivity contribution in [3.05, 3.63) is 95.3 Å². The number of rotatable bonds is 10. The van der Waals surface area contributed by atoms with E-state index in [0.717, 1.165) is 15.9 Å². The summed E-state index contributed by atoms with van der Waals surface area (Å²) in [4.78, 5) is 12.5. The van der Waals surface area contributed by atoms with Gasteiger partial charge in [0, 0.05) is 23.1 Å². The molecule has 3 aromatic carbocycles. The number of benzene rings is 3. The van der Waals surface area contributed by atoms with Crippen LogP contribution >= 0.6 is 23.4 Å². The summed E-state index contributed by atoms with van der Waals surface area (Å²) >= 11 is 7.72. The summed E-state index contributed by atoms with van der Waals surface area (Å²) in [7, 11) is -4.14. The Morgan fingerprint density at radius 3 is 2.34 bits per heavy atom. The van der Waals surface area contributed by atoms with Crippen LogP contribution in [0.4, 0.5) is 10.1 Å². The molecule has 5 nitrogen and oxygen atoms in total.